The van der Waals surface area contributed by atoms with Gasteiger partial charge < -0.3 is 4.74 Å². The van der Waals surface area contributed by atoms with Crippen molar-refractivity contribution in [3.8, 4) is 0 Å². The molecule has 0 N–H and O–H groups in total. The van der Waals surface area contributed by atoms with Crippen LogP contribution < -0.4 is 0 Å². The van der Waals surface area contributed by atoms with Crippen molar-refractivity contribution in [1.29, 1.82) is 0 Å². The Hall–Kier alpha value is -0.300. The van der Waals surface area contributed by atoms with Crippen LogP contribution in [-0.2, 0) is 4.74 Å². The molecule has 1 aliphatic heterocycles. The molecule has 1 nitrogen and oxygen atoms in total. The van der Waals surface area contributed by atoms with Gasteiger partial charge in [0.1, 0.15) is 0 Å². The lowest BCUT2D eigenvalue weighted by Crippen LogP contribution is -2.62. The summed E-state index contributed by atoms with van der Waals surface area (Å²) in [5.74, 6) is 1.59. The molecule has 0 bridgehead atoms. The molecule has 0 radical (unpaired) electrons. The molecule has 2 aliphatic carbocycles. The second kappa shape index (κ2) is 4.60. The zero-order chi connectivity index (χ0) is 15.5. The van der Waals surface area contributed by atoms with Crippen molar-refractivity contribution in [2.75, 3.05) is 0 Å². The normalized spacial score (nSPS) is 52.6. The highest BCUT2D eigenvalue weighted by atomic mass is 16.5. The first-order valence-corrected chi connectivity index (χ1v) is 8.99. The van der Waals surface area contributed by atoms with E-state index in [2.05, 4.69) is 41.2 Å². The van der Waals surface area contributed by atoms with Crippen LogP contribution in [-0.4, -0.2) is 11.2 Å². The standard InChI is InChI=1S/C20H34O/c1-7-18(4)13-9-16-19(5)12-8-11-17(2,3)15(19)10-14-20(16,6)21-18/h7,15-16H,1,8-14H2,2-6H3/t15-,16+,18+,19+,20-/m1/s1. The summed E-state index contributed by atoms with van der Waals surface area (Å²) in [6.45, 7) is 16.2. The van der Waals surface area contributed by atoms with Crippen LogP contribution in [0.1, 0.15) is 79.6 Å². The monoisotopic (exact) mass is 290 g/mol. The Labute approximate surface area is 131 Å². The van der Waals surface area contributed by atoms with E-state index in [1.807, 2.05) is 6.08 Å². The molecule has 5 atom stereocenters. The van der Waals surface area contributed by atoms with Crippen LogP contribution >= 0.6 is 0 Å². The third kappa shape index (κ3) is 2.22. The zero-order valence-electron chi connectivity index (χ0n) is 14.8. The maximum Gasteiger partial charge on any atom is 0.0839 e. The molecule has 0 spiro atoms. The van der Waals surface area contributed by atoms with Crippen molar-refractivity contribution in [3.63, 3.8) is 0 Å². The van der Waals surface area contributed by atoms with Crippen molar-refractivity contribution in [2.45, 2.75) is 90.8 Å². The number of rotatable bonds is 1. The van der Waals surface area contributed by atoms with E-state index in [0.29, 0.717) is 10.8 Å². The molecule has 2 saturated carbocycles. The maximum atomic E-state index is 6.68. The van der Waals surface area contributed by atoms with Crippen molar-refractivity contribution >= 4 is 0 Å². The minimum Gasteiger partial charge on any atom is -0.365 e. The van der Waals surface area contributed by atoms with Gasteiger partial charge in [-0.1, -0.05) is 33.3 Å². The molecule has 0 aromatic rings. The summed E-state index contributed by atoms with van der Waals surface area (Å²) in [4.78, 5) is 0. The van der Waals surface area contributed by atoms with Crippen molar-refractivity contribution < 1.29 is 4.74 Å². The van der Waals surface area contributed by atoms with E-state index in [1.54, 1.807) is 0 Å². The van der Waals surface area contributed by atoms with Gasteiger partial charge in [0.2, 0.25) is 0 Å². The van der Waals surface area contributed by atoms with Gasteiger partial charge in [-0.2, -0.15) is 0 Å². The summed E-state index contributed by atoms with van der Waals surface area (Å²) in [6.07, 6.45) is 11.2. The predicted molar refractivity (Wildman–Crippen MR) is 89.3 cm³/mol. The maximum absolute atomic E-state index is 6.68. The fraction of sp³-hybridized carbons (Fsp3) is 0.900. The molecule has 1 heteroatoms. The van der Waals surface area contributed by atoms with Gasteiger partial charge in [0.05, 0.1) is 11.2 Å². The molecule has 0 unspecified atom stereocenters. The van der Waals surface area contributed by atoms with Crippen molar-refractivity contribution in [3.05, 3.63) is 12.7 Å². The first-order chi connectivity index (χ1) is 9.65. The lowest BCUT2D eigenvalue weighted by molar-refractivity contribution is -0.252. The molecule has 3 fully saturated rings. The molecule has 0 aromatic carbocycles. The highest BCUT2D eigenvalue weighted by Gasteiger charge is 2.61. The van der Waals surface area contributed by atoms with Crippen molar-refractivity contribution in [1.82, 2.24) is 0 Å². The largest absolute Gasteiger partial charge is 0.365 e. The van der Waals surface area contributed by atoms with Crippen molar-refractivity contribution in [2.24, 2.45) is 22.7 Å². The van der Waals surface area contributed by atoms with Crippen LogP contribution in [0, 0.1) is 22.7 Å². The molecule has 0 amide bonds. The number of hydrogen-bond donors (Lipinski definition) is 0. The fourth-order valence-corrected chi connectivity index (χ4v) is 6.52. The average molecular weight is 290 g/mol. The Morgan fingerprint density at radius 2 is 1.57 bits per heavy atom. The fourth-order valence-electron chi connectivity index (χ4n) is 6.52. The zero-order valence-corrected chi connectivity index (χ0v) is 14.8. The third-order valence-electron chi connectivity index (χ3n) is 7.57. The highest BCUT2D eigenvalue weighted by Crippen LogP contribution is 2.65. The molecule has 0 aromatic heterocycles. The van der Waals surface area contributed by atoms with E-state index in [0.717, 1.165) is 18.3 Å². The van der Waals surface area contributed by atoms with Crippen LogP contribution in [0.5, 0.6) is 0 Å². The SMILES string of the molecule is C=C[C@@]1(C)CC[C@H]2[C@@]3(C)CCCC(C)(C)[C@H]3CC[C@@]2(C)O1. The van der Waals surface area contributed by atoms with Gasteiger partial charge in [0, 0.05) is 0 Å². The molecule has 3 aliphatic rings. The molecule has 21 heavy (non-hydrogen) atoms. The molecule has 1 heterocycles. The second-order valence-electron chi connectivity index (χ2n) is 9.46. The summed E-state index contributed by atoms with van der Waals surface area (Å²) in [7, 11) is 0. The van der Waals surface area contributed by atoms with Crippen LogP contribution in [0.4, 0.5) is 0 Å². The van der Waals surface area contributed by atoms with Crippen LogP contribution in [0.25, 0.3) is 0 Å². The minimum atomic E-state index is -0.112. The minimum absolute atomic E-state index is 0.0554. The summed E-state index contributed by atoms with van der Waals surface area (Å²) < 4.78 is 6.68. The first kappa shape index (κ1) is 15.6. The third-order valence-corrected chi connectivity index (χ3v) is 7.57. The van der Waals surface area contributed by atoms with Crippen LogP contribution in [0.3, 0.4) is 0 Å². The van der Waals surface area contributed by atoms with Gasteiger partial charge in [-0.3, -0.25) is 0 Å². The number of fused-ring (bicyclic) bond motifs is 3. The van der Waals surface area contributed by atoms with Gasteiger partial charge in [0.15, 0.2) is 0 Å². The predicted octanol–water partition coefficient (Wildman–Crippen LogP) is 5.74. The van der Waals surface area contributed by atoms with Crippen LogP contribution in [0.2, 0.25) is 0 Å². The number of hydrogen-bond acceptors (Lipinski definition) is 1. The Balaban J connectivity index is 1.94. The molecule has 1 saturated heterocycles. The Kier molecular flexibility index (Phi) is 3.41. The highest BCUT2D eigenvalue weighted by molar-refractivity contribution is 5.12. The Morgan fingerprint density at radius 3 is 2.24 bits per heavy atom. The second-order valence-corrected chi connectivity index (χ2v) is 9.46. The lowest BCUT2D eigenvalue weighted by atomic mass is 9.44. The van der Waals surface area contributed by atoms with Gasteiger partial charge in [0.25, 0.3) is 0 Å². The summed E-state index contributed by atoms with van der Waals surface area (Å²) >= 11 is 0. The van der Waals surface area contributed by atoms with Gasteiger partial charge in [-0.25, -0.2) is 0 Å². The number of ether oxygens (including phenoxy) is 1. The van der Waals surface area contributed by atoms with E-state index in [4.69, 9.17) is 4.74 Å². The molecule has 120 valence electrons. The summed E-state index contributed by atoms with van der Waals surface area (Å²) in [5, 5.41) is 0. The Bertz CT molecular complexity index is 439. The van der Waals surface area contributed by atoms with E-state index in [1.165, 1.54) is 38.5 Å². The van der Waals surface area contributed by atoms with Gasteiger partial charge in [-0.15, -0.1) is 6.58 Å². The topological polar surface area (TPSA) is 9.23 Å². The smallest absolute Gasteiger partial charge is 0.0839 e. The first-order valence-electron chi connectivity index (χ1n) is 8.99. The van der Waals surface area contributed by atoms with E-state index < -0.39 is 0 Å². The van der Waals surface area contributed by atoms with E-state index in [9.17, 15) is 0 Å². The van der Waals surface area contributed by atoms with Gasteiger partial charge in [-0.05, 0) is 75.0 Å². The molecule has 3 rings (SSSR count). The van der Waals surface area contributed by atoms with Gasteiger partial charge >= 0.3 is 0 Å². The Morgan fingerprint density at radius 1 is 0.905 bits per heavy atom. The molecular weight excluding hydrogens is 256 g/mol. The van der Waals surface area contributed by atoms with E-state index in [-0.39, 0.29) is 11.2 Å². The van der Waals surface area contributed by atoms with Crippen LogP contribution in [0.15, 0.2) is 12.7 Å². The molecular formula is C20H34O. The van der Waals surface area contributed by atoms with E-state index >= 15 is 0 Å². The quantitative estimate of drug-likeness (QED) is 0.559. The average Bonchev–Trinajstić information content (AvgIpc) is 2.36. The lowest BCUT2D eigenvalue weighted by Gasteiger charge is -2.65. The summed E-state index contributed by atoms with van der Waals surface area (Å²) in [5.41, 5.74) is 0.920. The summed E-state index contributed by atoms with van der Waals surface area (Å²) in [6, 6.07) is 0.